The molecule has 0 amide bonds. The van der Waals surface area contributed by atoms with Gasteiger partial charge in [0, 0.05) is 19.8 Å². The van der Waals surface area contributed by atoms with E-state index in [0.717, 1.165) is 15.6 Å². The Bertz CT molecular complexity index is 606. The Balaban J connectivity index is 2.68. The number of rotatable bonds is 6. The molecule has 0 N–H and O–H groups in total. The minimum Gasteiger partial charge on any atom is -0.229 e. The van der Waals surface area contributed by atoms with Crippen molar-refractivity contribution >= 4 is 47.1 Å². The zero-order chi connectivity index (χ0) is 14.0. The summed E-state index contributed by atoms with van der Waals surface area (Å²) >= 11 is 4.77. The zero-order valence-corrected chi connectivity index (χ0v) is 14.0. The molecule has 0 aliphatic carbocycles. The Morgan fingerprint density at radius 2 is 1.89 bits per heavy atom. The van der Waals surface area contributed by atoms with Crippen LogP contribution in [-0.2, 0) is 26.4 Å². The minimum absolute atomic E-state index is 0.244. The Morgan fingerprint density at radius 3 is 2.33 bits per heavy atom. The molecule has 0 atom stereocenters. The molecule has 18 heavy (non-hydrogen) atoms. The van der Waals surface area contributed by atoms with Crippen molar-refractivity contribution in [3.8, 4) is 0 Å². The molecule has 0 aromatic carbocycles. The average molecular weight is 376 g/mol. The Morgan fingerprint density at radius 1 is 1.28 bits per heavy atom. The second-order valence-corrected chi connectivity index (χ2v) is 10.7. The first-order valence-corrected chi connectivity index (χ1v) is 10.3. The molecule has 1 aromatic rings. The van der Waals surface area contributed by atoms with Crippen molar-refractivity contribution in [2.75, 3.05) is 24.8 Å². The molecule has 0 aliphatic rings. The second kappa shape index (κ2) is 6.00. The van der Waals surface area contributed by atoms with Gasteiger partial charge in [0.05, 0.1) is 15.3 Å². The van der Waals surface area contributed by atoms with Crippen LogP contribution in [0.2, 0.25) is 0 Å². The molecule has 0 aliphatic heterocycles. The van der Waals surface area contributed by atoms with Crippen LogP contribution in [0.1, 0.15) is 5.56 Å². The number of thiophene rings is 1. The van der Waals surface area contributed by atoms with E-state index in [1.807, 2.05) is 11.4 Å². The summed E-state index contributed by atoms with van der Waals surface area (Å²) in [5.41, 5.74) is 0.873. The molecular formula is C9H14BrNO4S3. The normalized spacial score (nSPS) is 13.1. The highest BCUT2D eigenvalue weighted by molar-refractivity contribution is 9.11. The monoisotopic (exact) mass is 375 g/mol. The molecule has 0 bridgehead atoms. The van der Waals surface area contributed by atoms with Gasteiger partial charge in [-0.2, -0.15) is 0 Å². The smallest absolute Gasteiger partial charge is 0.215 e. The van der Waals surface area contributed by atoms with Crippen molar-refractivity contribution < 1.29 is 16.8 Å². The van der Waals surface area contributed by atoms with Crippen LogP contribution in [-0.4, -0.2) is 45.9 Å². The third kappa shape index (κ3) is 5.35. The largest absolute Gasteiger partial charge is 0.229 e. The van der Waals surface area contributed by atoms with Crippen molar-refractivity contribution in [2.24, 2.45) is 0 Å². The van der Waals surface area contributed by atoms with Gasteiger partial charge in [0.1, 0.15) is 9.84 Å². The maximum absolute atomic E-state index is 11.8. The van der Waals surface area contributed by atoms with Crippen LogP contribution in [0.15, 0.2) is 15.2 Å². The topological polar surface area (TPSA) is 71.5 Å². The maximum atomic E-state index is 11.8. The van der Waals surface area contributed by atoms with Crippen LogP contribution in [0.25, 0.3) is 0 Å². The summed E-state index contributed by atoms with van der Waals surface area (Å²) in [6.45, 7) is 0.244. The van der Waals surface area contributed by atoms with E-state index in [-0.39, 0.29) is 18.1 Å². The molecule has 0 fully saturated rings. The van der Waals surface area contributed by atoms with Crippen LogP contribution >= 0.6 is 27.3 Å². The van der Waals surface area contributed by atoms with Gasteiger partial charge in [0.15, 0.2) is 0 Å². The van der Waals surface area contributed by atoms with Crippen LogP contribution in [0.5, 0.6) is 0 Å². The van der Waals surface area contributed by atoms with Gasteiger partial charge in [-0.15, -0.1) is 11.3 Å². The van der Waals surface area contributed by atoms with Crippen LogP contribution in [0, 0.1) is 0 Å². The number of sulfone groups is 1. The fourth-order valence-electron chi connectivity index (χ4n) is 1.20. The van der Waals surface area contributed by atoms with E-state index in [0.29, 0.717) is 0 Å². The third-order valence-electron chi connectivity index (χ3n) is 2.21. The van der Waals surface area contributed by atoms with Gasteiger partial charge in [-0.1, -0.05) is 0 Å². The lowest BCUT2D eigenvalue weighted by atomic mass is 10.3. The number of hydrogen-bond donors (Lipinski definition) is 0. The van der Waals surface area contributed by atoms with Gasteiger partial charge in [0.25, 0.3) is 0 Å². The van der Waals surface area contributed by atoms with E-state index in [2.05, 4.69) is 15.9 Å². The third-order valence-corrected chi connectivity index (χ3v) is 6.77. The van der Waals surface area contributed by atoms with Gasteiger partial charge in [-0.25, -0.2) is 21.1 Å². The van der Waals surface area contributed by atoms with E-state index in [9.17, 15) is 16.8 Å². The lowest BCUT2D eigenvalue weighted by Crippen LogP contribution is -2.31. The van der Waals surface area contributed by atoms with Crippen molar-refractivity contribution in [3.05, 3.63) is 20.8 Å². The van der Waals surface area contributed by atoms with Gasteiger partial charge in [-0.3, -0.25) is 0 Å². The molecular weight excluding hydrogens is 362 g/mol. The number of halogens is 1. The summed E-state index contributed by atoms with van der Waals surface area (Å²) < 4.78 is 47.7. The molecule has 0 unspecified atom stereocenters. The lowest BCUT2D eigenvalue weighted by molar-refractivity contribution is 0.468. The summed E-state index contributed by atoms with van der Waals surface area (Å²) in [4.78, 5) is 0. The Hall–Kier alpha value is 0.0400. The fraction of sp³-hybridized carbons (Fsp3) is 0.556. The van der Waals surface area contributed by atoms with Crippen LogP contribution in [0.3, 0.4) is 0 Å². The number of sulfonamides is 1. The molecule has 0 radical (unpaired) electrons. The van der Waals surface area contributed by atoms with Crippen molar-refractivity contribution in [3.63, 3.8) is 0 Å². The predicted molar refractivity (Wildman–Crippen MR) is 77.0 cm³/mol. The molecule has 9 heteroatoms. The van der Waals surface area contributed by atoms with E-state index in [1.54, 1.807) is 0 Å². The highest BCUT2D eigenvalue weighted by Crippen LogP contribution is 2.22. The Labute approximate surface area is 120 Å². The zero-order valence-electron chi connectivity index (χ0n) is 9.96. The first-order valence-electron chi connectivity index (χ1n) is 4.95. The first kappa shape index (κ1) is 16.1. The maximum Gasteiger partial charge on any atom is 0.215 e. The van der Waals surface area contributed by atoms with E-state index in [4.69, 9.17) is 0 Å². The summed E-state index contributed by atoms with van der Waals surface area (Å²) in [5, 5.41) is 1.85. The van der Waals surface area contributed by atoms with Gasteiger partial charge >= 0.3 is 0 Å². The van der Waals surface area contributed by atoms with Gasteiger partial charge < -0.3 is 0 Å². The molecule has 1 rings (SSSR count). The number of hydrogen-bond acceptors (Lipinski definition) is 5. The summed E-state index contributed by atoms with van der Waals surface area (Å²) in [6.07, 6.45) is 1.03. The number of nitrogens with zero attached hydrogens (tertiary/aromatic N) is 1. The molecule has 0 saturated carbocycles. The highest BCUT2D eigenvalue weighted by atomic mass is 79.9. The summed E-state index contributed by atoms with van der Waals surface area (Å²) in [5.74, 6) is -0.735. The van der Waals surface area contributed by atoms with Crippen molar-refractivity contribution in [1.29, 1.82) is 0 Å². The van der Waals surface area contributed by atoms with E-state index >= 15 is 0 Å². The standard InChI is InChI=1S/C9H14BrNO4S3/c1-11(6-8-5-9(10)16-7-8)18(14,15)4-3-17(2,12)13/h5,7H,3-4,6H2,1-2H3. The minimum atomic E-state index is -3.54. The quantitative estimate of drug-likeness (QED) is 0.751. The van der Waals surface area contributed by atoms with Crippen LogP contribution < -0.4 is 0 Å². The molecule has 5 nitrogen and oxygen atoms in total. The SMILES string of the molecule is CN(Cc1csc(Br)c1)S(=O)(=O)CCS(C)(=O)=O. The average Bonchev–Trinajstić information content (AvgIpc) is 2.60. The molecule has 1 aromatic heterocycles. The highest BCUT2D eigenvalue weighted by Gasteiger charge is 2.20. The summed E-state index contributed by atoms with van der Waals surface area (Å²) in [6, 6.07) is 1.84. The lowest BCUT2D eigenvalue weighted by Gasteiger charge is -2.16. The van der Waals surface area contributed by atoms with Crippen molar-refractivity contribution in [2.45, 2.75) is 6.54 Å². The fourth-order valence-corrected chi connectivity index (χ4v) is 5.11. The van der Waals surface area contributed by atoms with Crippen molar-refractivity contribution in [1.82, 2.24) is 4.31 Å². The Kier molecular flexibility index (Phi) is 5.36. The molecule has 0 spiro atoms. The van der Waals surface area contributed by atoms with Gasteiger partial charge in [-0.05, 0) is 32.9 Å². The summed E-state index contributed by atoms with van der Waals surface area (Å²) in [7, 11) is -5.36. The van der Waals surface area contributed by atoms with E-state index in [1.165, 1.54) is 22.7 Å². The van der Waals surface area contributed by atoms with Crippen LogP contribution in [0.4, 0.5) is 0 Å². The second-order valence-electron chi connectivity index (χ2n) is 3.96. The van der Waals surface area contributed by atoms with Gasteiger partial charge in [0.2, 0.25) is 10.0 Å². The molecule has 104 valence electrons. The predicted octanol–water partition coefficient (Wildman–Crippen LogP) is 1.32. The molecule has 0 saturated heterocycles. The molecule has 1 heterocycles. The first-order chi connectivity index (χ1) is 8.10. The van der Waals surface area contributed by atoms with E-state index < -0.39 is 19.9 Å².